The summed E-state index contributed by atoms with van der Waals surface area (Å²) in [5.74, 6) is -0.781. The highest BCUT2D eigenvalue weighted by atomic mass is 32.2. The van der Waals surface area contributed by atoms with Crippen molar-refractivity contribution >= 4 is 51.7 Å². The van der Waals surface area contributed by atoms with Gasteiger partial charge in [-0.1, -0.05) is 90.2 Å². The fourth-order valence-corrected chi connectivity index (χ4v) is 7.41. The number of nitrogens with zero attached hydrogens (tertiary/aromatic N) is 3. The van der Waals surface area contributed by atoms with Crippen LogP contribution in [0.4, 0.5) is 4.39 Å². The summed E-state index contributed by atoms with van der Waals surface area (Å²) in [5, 5.41) is 0.941. The van der Waals surface area contributed by atoms with Gasteiger partial charge in [0.05, 0.1) is 35.0 Å². The van der Waals surface area contributed by atoms with Crippen LogP contribution in [0.25, 0.3) is 22.7 Å². The SMILES string of the molecule is CCOC(=O)C1=C(c2ccccc2)N=c2s/c(=C\c3cn(Cc4ccccc4F)c4ccccc34)c(=O)n2[C@H]1c1ccc(SC)cc1. The first-order valence-corrected chi connectivity index (χ1v) is 17.2. The first-order chi connectivity index (χ1) is 23.0. The quantitative estimate of drug-likeness (QED) is 0.133. The number of para-hydroxylation sites is 1. The van der Waals surface area contributed by atoms with E-state index in [-0.39, 0.29) is 18.0 Å². The van der Waals surface area contributed by atoms with E-state index in [9.17, 15) is 14.0 Å². The van der Waals surface area contributed by atoms with E-state index in [0.717, 1.165) is 32.5 Å². The number of halogens is 1. The number of hydrogen-bond acceptors (Lipinski definition) is 6. The van der Waals surface area contributed by atoms with Gasteiger partial charge < -0.3 is 9.30 Å². The Kier molecular flexibility index (Phi) is 8.49. The Balaban J connectivity index is 1.45. The molecular weight excluding hydrogens is 630 g/mol. The van der Waals surface area contributed by atoms with Crippen LogP contribution in [0, 0.1) is 5.82 Å². The first-order valence-electron chi connectivity index (χ1n) is 15.2. The summed E-state index contributed by atoms with van der Waals surface area (Å²) in [6, 6.07) is 31.3. The van der Waals surface area contributed by atoms with Crippen LogP contribution in [0.2, 0.25) is 0 Å². The van der Waals surface area contributed by atoms with E-state index in [1.807, 2.05) is 108 Å². The molecule has 0 radical (unpaired) electrons. The van der Waals surface area contributed by atoms with Crippen molar-refractivity contribution in [2.24, 2.45) is 4.99 Å². The maximum atomic E-state index is 14.6. The van der Waals surface area contributed by atoms with Crippen LogP contribution in [-0.2, 0) is 16.1 Å². The molecule has 3 heterocycles. The normalized spacial score (nSPS) is 14.7. The molecule has 234 valence electrons. The maximum absolute atomic E-state index is 14.6. The zero-order chi connectivity index (χ0) is 32.5. The number of thioether (sulfide) groups is 1. The summed E-state index contributed by atoms with van der Waals surface area (Å²) >= 11 is 2.90. The summed E-state index contributed by atoms with van der Waals surface area (Å²) in [7, 11) is 0. The van der Waals surface area contributed by atoms with E-state index in [2.05, 4.69) is 0 Å². The summed E-state index contributed by atoms with van der Waals surface area (Å²) in [6.45, 7) is 2.29. The van der Waals surface area contributed by atoms with Crippen LogP contribution in [0.5, 0.6) is 0 Å². The Morgan fingerprint density at radius 2 is 1.70 bits per heavy atom. The number of rotatable bonds is 8. The average Bonchev–Trinajstić information content (AvgIpc) is 3.61. The van der Waals surface area contributed by atoms with E-state index >= 15 is 0 Å². The second-order valence-electron chi connectivity index (χ2n) is 11.0. The monoisotopic (exact) mass is 659 g/mol. The first kappa shape index (κ1) is 30.7. The predicted octanol–water partition coefficient (Wildman–Crippen LogP) is 6.80. The van der Waals surface area contributed by atoms with E-state index in [1.165, 1.54) is 17.4 Å². The molecule has 2 aromatic heterocycles. The maximum Gasteiger partial charge on any atom is 0.338 e. The third-order valence-electron chi connectivity index (χ3n) is 8.21. The lowest BCUT2D eigenvalue weighted by Crippen LogP contribution is -2.40. The standard InChI is InChI=1S/C38H30FN3O3S2/c1-3-45-37(44)33-34(24-11-5-4-6-12-24)40-38-42(35(33)25-17-19-28(46-2)20-18-25)36(43)32(47-38)21-27-23-41(31-16-10-8-14-29(27)31)22-26-13-7-9-15-30(26)39/h4-21,23,35H,3,22H2,1-2H3/b32-21-/t35-/m0/s1. The lowest BCUT2D eigenvalue weighted by Gasteiger charge is -2.26. The number of thiazole rings is 1. The largest absolute Gasteiger partial charge is 0.463 e. The van der Waals surface area contributed by atoms with Crippen molar-refractivity contribution in [2.45, 2.75) is 24.4 Å². The van der Waals surface area contributed by atoms with Crippen molar-refractivity contribution in [1.82, 2.24) is 9.13 Å². The molecular formula is C38H30FN3O3S2. The molecule has 47 heavy (non-hydrogen) atoms. The average molecular weight is 660 g/mol. The fraction of sp³-hybridized carbons (Fsp3) is 0.132. The highest BCUT2D eigenvalue weighted by Crippen LogP contribution is 2.36. The zero-order valence-corrected chi connectivity index (χ0v) is 27.4. The Labute approximate surface area is 278 Å². The minimum absolute atomic E-state index is 0.184. The third-order valence-corrected chi connectivity index (χ3v) is 9.94. The number of ether oxygens (including phenoxy) is 1. The molecule has 0 amide bonds. The summed E-state index contributed by atoms with van der Waals surface area (Å²) in [5.41, 5.74) is 4.42. The Morgan fingerprint density at radius 1 is 0.979 bits per heavy atom. The molecule has 1 atom stereocenters. The number of carbonyl (C=O) groups is 1. The van der Waals surface area contributed by atoms with Gasteiger partial charge in [-0.15, -0.1) is 11.8 Å². The number of carbonyl (C=O) groups excluding carboxylic acids is 1. The second-order valence-corrected chi connectivity index (χ2v) is 12.9. The van der Waals surface area contributed by atoms with E-state index in [0.29, 0.717) is 32.7 Å². The van der Waals surface area contributed by atoms with Gasteiger partial charge >= 0.3 is 5.97 Å². The molecule has 7 rings (SSSR count). The lowest BCUT2D eigenvalue weighted by molar-refractivity contribution is -0.138. The van der Waals surface area contributed by atoms with Crippen LogP contribution in [-0.4, -0.2) is 28.0 Å². The van der Waals surface area contributed by atoms with Crippen molar-refractivity contribution in [3.8, 4) is 0 Å². The minimum Gasteiger partial charge on any atom is -0.463 e. The number of fused-ring (bicyclic) bond motifs is 2. The van der Waals surface area contributed by atoms with Crippen molar-refractivity contribution in [3.63, 3.8) is 0 Å². The molecule has 0 aliphatic carbocycles. The lowest BCUT2D eigenvalue weighted by atomic mass is 9.93. The number of esters is 1. The summed E-state index contributed by atoms with van der Waals surface area (Å²) in [6.07, 6.45) is 5.82. The minimum atomic E-state index is -0.749. The van der Waals surface area contributed by atoms with E-state index in [1.54, 1.807) is 35.4 Å². The highest BCUT2D eigenvalue weighted by molar-refractivity contribution is 7.98. The molecule has 1 aliphatic heterocycles. The van der Waals surface area contributed by atoms with Gasteiger partial charge in [0.2, 0.25) is 0 Å². The van der Waals surface area contributed by atoms with Gasteiger partial charge in [-0.25, -0.2) is 14.2 Å². The molecule has 0 saturated heterocycles. The molecule has 0 unspecified atom stereocenters. The molecule has 0 N–H and O–H groups in total. The molecule has 6 nitrogen and oxygen atoms in total. The van der Waals surface area contributed by atoms with Gasteiger partial charge in [-0.05, 0) is 49.1 Å². The second kappa shape index (κ2) is 13.0. The Hall–Kier alpha value is -4.99. The third kappa shape index (κ3) is 5.77. The van der Waals surface area contributed by atoms with Crippen LogP contribution >= 0.6 is 23.1 Å². The van der Waals surface area contributed by atoms with Crippen molar-refractivity contribution < 1.29 is 13.9 Å². The molecule has 4 aromatic carbocycles. The molecule has 0 spiro atoms. The van der Waals surface area contributed by atoms with E-state index < -0.39 is 12.0 Å². The number of hydrogen-bond donors (Lipinski definition) is 0. The van der Waals surface area contributed by atoms with Crippen molar-refractivity contribution in [3.05, 3.63) is 163 Å². The smallest absolute Gasteiger partial charge is 0.338 e. The van der Waals surface area contributed by atoms with Gasteiger partial charge in [0, 0.05) is 38.7 Å². The van der Waals surface area contributed by atoms with Gasteiger partial charge in [-0.3, -0.25) is 9.36 Å². The highest BCUT2D eigenvalue weighted by Gasteiger charge is 2.35. The Bertz CT molecular complexity index is 2340. The topological polar surface area (TPSA) is 65.6 Å². The molecule has 9 heteroatoms. The van der Waals surface area contributed by atoms with Gasteiger partial charge in [0.1, 0.15) is 5.82 Å². The van der Waals surface area contributed by atoms with E-state index in [4.69, 9.17) is 9.73 Å². The van der Waals surface area contributed by atoms with Crippen molar-refractivity contribution in [2.75, 3.05) is 12.9 Å². The van der Waals surface area contributed by atoms with Gasteiger partial charge in [-0.2, -0.15) is 0 Å². The van der Waals surface area contributed by atoms with Crippen LogP contribution < -0.4 is 14.9 Å². The molecule has 0 saturated carbocycles. The number of benzene rings is 4. The summed E-state index contributed by atoms with van der Waals surface area (Å²) < 4.78 is 24.3. The summed E-state index contributed by atoms with van der Waals surface area (Å²) in [4.78, 5) is 34.7. The molecule has 0 fully saturated rings. The van der Waals surface area contributed by atoms with Crippen molar-refractivity contribution in [1.29, 1.82) is 0 Å². The van der Waals surface area contributed by atoms with Crippen LogP contribution in [0.1, 0.15) is 35.2 Å². The fourth-order valence-electron chi connectivity index (χ4n) is 6.01. The van der Waals surface area contributed by atoms with Crippen LogP contribution in [0.3, 0.4) is 0 Å². The molecule has 1 aliphatic rings. The zero-order valence-electron chi connectivity index (χ0n) is 25.7. The Morgan fingerprint density at radius 3 is 2.45 bits per heavy atom. The molecule has 0 bridgehead atoms. The van der Waals surface area contributed by atoms with Gasteiger partial charge in [0.25, 0.3) is 5.56 Å². The number of aromatic nitrogens is 2. The molecule has 6 aromatic rings. The van der Waals surface area contributed by atoms with Crippen LogP contribution in [0.15, 0.2) is 130 Å². The van der Waals surface area contributed by atoms with Gasteiger partial charge in [0.15, 0.2) is 4.80 Å². The predicted molar refractivity (Wildman–Crippen MR) is 187 cm³/mol.